The van der Waals surface area contributed by atoms with Gasteiger partial charge in [-0.25, -0.2) is 8.42 Å². The molecule has 1 amide bonds. The Bertz CT molecular complexity index is 1420. The maximum atomic E-state index is 13.3. The number of carbonyl (C=O) groups excluding carboxylic acids is 1. The predicted octanol–water partition coefficient (Wildman–Crippen LogP) is 3.78. The highest BCUT2D eigenvalue weighted by Crippen LogP contribution is 2.36. The van der Waals surface area contributed by atoms with Gasteiger partial charge in [-0.2, -0.15) is 0 Å². The van der Waals surface area contributed by atoms with Crippen molar-refractivity contribution in [2.24, 2.45) is 0 Å². The van der Waals surface area contributed by atoms with Gasteiger partial charge in [0.15, 0.2) is 9.84 Å². The lowest BCUT2D eigenvalue weighted by molar-refractivity contribution is 0.0856. The Hall–Kier alpha value is -2.97. The molecule has 1 N–H and O–H groups in total. The summed E-state index contributed by atoms with van der Waals surface area (Å²) in [6.07, 6.45) is 3.52. The Balaban J connectivity index is 1.28. The molecule has 0 radical (unpaired) electrons. The quantitative estimate of drug-likeness (QED) is 0.526. The van der Waals surface area contributed by atoms with Crippen LogP contribution >= 0.6 is 0 Å². The van der Waals surface area contributed by atoms with E-state index in [4.69, 9.17) is 0 Å². The first kappa shape index (κ1) is 24.7. The van der Waals surface area contributed by atoms with E-state index < -0.39 is 9.84 Å². The molecule has 5 rings (SSSR count). The molecule has 8 heteroatoms. The lowest BCUT2D eigenvalue weighted by atomic mass is 9.97. The number of para-hydroxylation sites is 1. The van der Waals surface area contributed by atoms with E-state index in [1.165, 1.54) is 0 Å². The van der Waals surface area contributed by atoms with Crippen LogP contribution in [0.2, 0.25) is 0 Å². The molecule has 2 aliphatic rings. The van der Waals surface area contributed by atoms with Gasteiger partial charge in [0.1, 0.15) is 5.56 Å². The molecule has 2 fully saturated rings. The fraction of sp³-hybridized carbons (Fsp3) is 0.429. The number of benzene rings is 2. The van der Waals surface area contributed by atoms with E-state index in [1.807, 2.05) is 44.2 Å². The number of rotatable bonds is 7. The topological polar surface area (TPSA) is 88.5 Å². The number of nitrogens with one attached hydrogen (secondary N) is 1. The van der Waals surface area contributed by atoms with Gasteiger partial charge in [-0.3, -0.25) is 14.5 Å². The zero-order valence-corrected chi connectivity index (χ0v) is 21.6. The minimum absolute atomic E-state index is 0.0321. The van der Waals surface area contributed by atoms with Crippen molar-refractivity contribution in [1.29, 1.82) is 0 Å². The highest BCUT2D eigenvalue weighted by molar-refractivity contribution is 7.91. The highest BCUT2D eigenvalue weighted by Gasteiger charge is 2.41. The molecule has 2 saturated heterocycles. The van der Waals surface area contributed by atoms with Crippen molar-refractivity contribution >= 4 is 26.6 Å². The summed E-state index contributed by atoms with van der Waals surface area (Å²) in [5, 5.41) is 4.00. The molecule has 1 aromatic heterocycles. The van der Waals surface area contributed by atoms with Crippen LogP contribution in [0.5, 0.6) is 0 Å². The summed E-state index contributed by atoms with van der Waals surface area (Å²) in [5.74, 6) is -0.239. The second kappa shape index (κ2) is 9.82. The number of fused-ring (bicyclic) bond motifs is 3. The maximum Gasteiger partial charge on any atom is 0.264 e. The second-order valence-corrected chi connectivity index (χ2v) is 12.4. The maximum absolute atomic E-state index is 13.3. The summed E-state index contributed by atoms with van der Waals surface area (Å²) in [6.45, 7) is 4.39. The summed E-state index contributed by atoms with van der Waals surface area (Å²) in [6, 6.07) is 18.3. The van der Waals surface area contributed by atoms with Gasteiger partial charge in [0.05, 0.1) is 16.2 Å². The Morgan fingerprint density at radius 1 is 1.00 bits per heavy atom. The lowest BCUT2D eigenvalue weighted by Gasteiger charge is -2.39. The number of hydrogen-bond donors (Lipinski definition) is 1. The molecule has 190 valence electrons. The van der Waals surface area contributed by atoms with Gasteiger partial charge in [-0.05, 0) is 69.2 Å². The molecule has 0 spiro atoms. The van der Waals surface area contributed by atoms with E-state index in [9.17, 15) is 18.0 Å². The van der Waals surface area contributed by atoms with Crippen molar-refractivity contribution in [2.45, 2.75) is 68.6 Å². The largest absolute Gasteiger partial charge is 0.349 e. The van der Waals surface area contributed by atoms with Crippen molar-refractivity contribution in [3.8, 4) is 0 Å². The number of pyridine rings is 1. The zero-order chi connectivity index (χ0) is 25.4. The Kier molecular flexibility index (Phi) is 6.74. The van der Waals surface area contributed by atoms with E-state index >= 15 is 0 Å². The van der Waals surface area contributed by atoms with Crippen LogP contribution in [-0.2, 0) is 9.84 Å². The summed E-state index contributed by atoms with van der Waals surface area (Å²) in [4.78, 5) is 29.2. The number of sulfone groups is 1. The number of piperidine rings is 1. The normalized spacial score (nSPS) is 22.2. The number of hydrogen-bond acceptors (Lipinski definition) is 5. The molecule has 36 heavy (non-hydrogen) atoms. The lowest BCUT2D eigenvalue weighted by Crippen LogP contribution is -2.51. The van der Waals surface area contributed by atoms with E-state index in [0.29, 0.717) is 11.4 Å². The smallest absolute Gasteiger partial charge is 0.264 e. The highest BCUT2D eigenvalue weighted by atomic mass is 32.2. The van der Waals surface area contributed by atoms with Crippen LogP contribution in [-0.4, -0.2) is 54.2 Å². The van der Waals surface area contributed by atoms with E-state index in [2.05, 4.69) is 10.2 Å². The van der Waals surface area contributed by atoms with Crippen molar-refractivity contribution in [2.75, 3.05) is 12.3 Å². The molecule has 0 aliphatic carbocycles. The number of carbonyl (C=O) groups is 1. The van der Waals surface area contributed by atoms with Crippen LogP contribution in [0.4, 0.5) is 0 Å². The van der Waals surface area contributed by atoms with Gasteiger partial charge >= 0.3 is 0 Å². The molecule has 3 heterocycles. The fourth-order valence-corrected chi connectivity index (χ4v) is 7.21. The molecule has 7 nitrogen and oxygen atoms in total. The summed E-state index contributed by atoms with van der Waals surface area (Å²) in [5.41, 5.74) is 0.727. The third kappa shape index (κ3) is 4.72. The number of aromatic nitrogens is 1. The van der Waals surface area contributed by atoms with Gasteiger partial charge < -0.3 is 9.88 Å². The van der Waals surface area contributed by atoms with Crippen LogP contribution in [0.1, 0.15) is 55.9 Å². The third-order valence-corrected chi connectivity index (χ3v) is 9.36. The van der Waals surface area contributed by atoms with Crippen LogP contribution in [0.3, 0.4) is 0 Å². The SMILES string of the molecule is CC(C)n1c(=O)c(C(=O)NC2CC3CCC(C2)N3CCS(=O)(=O)c2ccccc2)cc2ccccc21. The van der Waals surface area contributed by atoms with Crippen molar-refractivity contribution < 1.29 is 13.2 Å². The zero-order valence-electron chi connectivity index (χ0n) is 20.8. The fourth-order valence-electron chi connectivity index (χ4n) is 5.95. The van der Waals surface area contributed by atoms with Crippen molar-refractivity contribution in [3.63, 3.8) is 0 Å². The minimum Gasteiger partial charge on any atom is -0.349 e. The molecular weight excluding hydrogens is 474 g/mol. The molecule has 2 bridgehead atoms. The van der Waals surface area contributed by atoms with Crippen molar-refractivity contribution in [1.82, 2.24) is 14.8 Å². The van der Waals surface area contributed by atoms with Crippen molar-refractivity contribution in [3.05, 3.63) is 76.6 Å². The first-order valence-electron chi connectivity index (χ1n) is 12.7. The van der Waals surface area contributed by atoms with Crippen LogP contribution < -0.4 is 10.9 Å². The summed E-state index contributed by atoms with van der Waals surface area (Å²) >= 11 is 0. The van der Waals surface area contributed by atoms with Gasteiger partial charge in [0.2, 0.25) is 0 Å². The van der Waals surface area contributed by atoms with Crippen LogP contribution in [0, 0.1) is 0 Å². The standard InChI is InChI=1S/C28H33N3O4S/c1-19(2)31-26-11-7-6-8-20(26)16-25(28(31)33)27(32)29-21-17-22-12-13-23(18-21)30(22)14-15-36(34,35)24-9-4-3-5-10-24/h3-11,16,19,21-23H,12-15,17-18H2,1-2H3,(H,29,32). The summed E-state index contributed by atoms with van der Waals surface area (Å²) in [7, 11) is -3.33. The van der Waals surface area contributed by atoms with E-state index in [0.717, 1.165) is 36.6 Å². The average Bonchev–Trinajstić information content (AvgIpc) is 3.10. The molecule has 2 aromatic carbocycles. The minimum atomic E-state index is -3.33. The van der Waals surface area contributed by atoms with E-state index in [-0.39, 0.29) is 47.0 Å². The number of amides is 1. The predicted molar refractivity (Wildman–Crippen MR) is 141 cm³/mol. The van der Waals surface area contributed by atoms with Gasteiger partial charge in [0.25, 0.3) is 11.5 Å². The molecule has 2 unspecified atom stereocenters. The first-order chi connectivity index (χ1) is 17.2. The Morgan fingerprint density at radius 2 is 1.64 bits per heavy atom. The third-order valence-electron chi connectivity index (χ3n) is 7.65. The molecular formula is C28H33N3O4S. The Morgan fingerprint density at radius 3 is 2.31 bits per heavy atom. The molecule has 2 atom stereocenters. The summed E-state index contributed by atoms with van der Waals surface area (Å²) < 4.78 is 27.2. The molecule has 0 saturated carbocycles. The van der Waals surface area contributed by atoms with Gasteiger partial charge in [0, 0.05) is 30.7 Å². The monoisotopic (exact) mass is 507 g/mol. The molecule has 2 aliphatic heterocycles. The first-order valence-corrected chi connectivity index (χ1v) is 14.4. The Labute approximate surface area is 212 Å². The van der Waals surface area contributed by atoms with E-state index in [1.54, 1.807) is 34.9 Å². The molecule has 3 aromatic rings. The van der Waals surface area contributed by atoms with Crippen LogP contribution in [0.25, 0.3) is 10.9 Å². The average molecular weight is 508 g/mol. The second-order valence-electron chi connectivity index (χ2n) is 10.3. The number of nitrogens with zero attached hydrogens (tertiary/aromatic N) is 2. The van der Waals surface area contributed by atoms with Gasteiger partial charge in [-0.1, -0.05) is 36.4 Å². The van der Waals surface area contributed by atoms with Gasteiger partial charge in [-0.15, -0.1) is 0 Å². The van der Waals surface area contributed by atoms with Crippen LogP contribution in [0.15, 0.2) is 70.4 Å².